The van der Waals surface area contributed by atoms with Crippen molar-refractivity contribution in [3.8, 4) is 0 Å². The molecule has 0 amide bonds. The van der Waals surface area contributed by atoms with E-state index < -0.39 is 6.17 Å². The van der Waals surface area contributed by atoms with E-state index in [9.17, 15) is 4.39 Å². The van der Waals surface area contributed by atoms with Crippen LogP contribution in [0.15, 0.2) is 10.7 Å². The van der Waals surface area contributed by atoms with Crippen LogP contribution in [0, 0.1) is 0 Å². The van der Waals surface area contributed by atoms with Crippen LogP contribution in [0.25, 0.3) is 0 Å². The second-order valence-electron chi connectivity index (χ2n) is 3.28. The summed E-state index contributed by atoms with van der Waals surface area (Å²) in [5.74, 6) is 0.979. The van der Waals surface area contributed by atoms with Crippen LogP contribution >= 0.6 is 15.9 Å². The lowest BCUT2D eigenvalue weighted by Crippen LogP contribution is -2.22. The fourth-order valence-corrected chi connectivity index (χ4v) is 2.09. The van der Waals surface area contributed by atoms with E-state index in [1.165, 1.54) is 0 Å². The van der Waals surface area contributed by atoms with Crippen LogP contribution in [0.4, 0.5) is 10.2 Å². The van der Waals surface area contributed by atoms with Gasteiger partial charge >= 0.3 is 0 Å². The van der Waals surface area contributed by atoms with E-state index in [1.54, 1.807) is 4.68 Å². The Kier molecular flexibility index (Phi) is 2.27. The summed E-state index contributed by atoms with van der Waals surface area (Å²) in [6, 6.07) is 1.91. The molecule has 1 aromatic rings. The van der Waals surface area contributed by atoms with Crippen LogP contribution in [-0.4, -0.2) is 29.0 Å². The van der Waals surface area contributed by atoms with Gasteiger partial charge in [0, 0.05) is 19.7 Å². The average molecular weight is 248 g/mol. The fraction of sp³-hybridized carbons (Fsp3) is 0.625. The zero-order chi connectivity index (χ0) is 9.42. The molecule has 5 heteroatoms. The molecular formula is C8H11BrFN3. The summed E-state index contributed by atoms with van der Waals surface area (Å²) in [7, 11) is 1.87. The lowest BCUT2D eigenvalue weighted by Gasteiger charge is -2.16. The first-order valence-electron chi connectivity index (χ1n) is 4.25. The monoisotopic (exact) mass is 247 g/mol. The van der Waals surface area contributed by atoms with Crippen molar-refractivity contribution in [1.82, 2.24) is 9.78 Å². The number of hydrogen-bond donors (Lipinski definition) is 0. The van der Waals surface area contributed by atoms with Crippen molar-refractivity contribution in [3.63, 3.8) is 0 Å². The molecule has 0 spiro atoms. The minimum atomic E-state index is -0.686. The molecular weight excluding hydrogens is 237 g/mol. The average Bonchev–Trinajstić information content (AvgIpc) is 2.58. The molecule has 2 rings (SSSR count). The van der Waals surface area contributed by atoms with E-state index in [4.69, 9.17) is 0 Å². The fourth-order valence-electron chi connectivity index (χ4n) is 1.65. The minimum absolute atomic E-state index is 0.492. The Hall–Kier alpha value is -0.580. The molecule has 0 bridgehead atoms. The third kappa shape index (κ3) is 1.70. The Morgan fingerprint density at radius 3 is 2.92 bits per heavy atom. The number of aryl methyl sites for hydroxylation is 1. The van der Waals surface area contributed by atoms with Crippen molar-refractivity contribution in [2.75, 3.05) is 18.0 Å². The molecule has 2 heterocycles. The standard InChI is InChI=1S/C8H11BrFN3/c1-12-8(4-7(9)11-12)13-3-2-6(10)5-13/h4,6H,2-3,5H2,1H3/t6-/m0/s1. The third-order valence-corrected chi connectivity index (χ3v) is 2.67. The van der Waals surface area contributed by atoms with Gasteiger partial charge in [0.1, 0.15) is 16.6 Å². The van der Waals surface area contributed by atoms with Crippen LogP contribution in [-0.2, 0) is 7.05 Å². The minimum Gasteiger partial charge on any atom is -0.354 e. The van der Waals surface area contributed by atoms with Gasteiger partial charge in [0.05, 0.1) is 6.54 Å². The predicted molar refractivity (Wildman–Crippen MR) is 52.6 cm³/mol. The normalized spacial score (nSPS) is 22.7. The molecule has 1 aliphatic rings. The van der Waals surface area contributed by atoms with Gasteiger partial charge in [-0.25, -0.2) is 4.39 Å². The number of alkyl halides is 1. The van der Waals surface area contributed by atoms with Crippen molar-refractivity contribution in [1.29, 1.82) is 0 Å². The van der Waals surface area contributed by atoms with Gasteiger partial charge < -0.3 is 4.90 Å². The highest BCUT2D eigenvalue weighted by Gasteiger charge is 2.24. The summed E-state index contributed by atoms with van der Waals surface area (Å²) in [6.45, 7) is 1.28. The second-order valence-corrected chi connectivity index (χ2v) is 4.09. The highest BCUT2D eigenvalue weighted by molar-refractivity contribution is 9.10. The molecule has 1 atom stereocenters. The van der Waals surface area contributed by atoms with Gasteiger partial charge in [-0.05, 0) is 22.4 Å². The summed E-state index contributed by atoms with van der Waals surface area (Å²) < 4.78 is 15.5. The molecule has 0 radical (unpaired) electrons. The maximum Gasteiger partial charge on any atom is 0.130 e. The molecule has 0 saturated carbocycles. The number of halogens is 2. The van der Waals surface area contributed by atoms with Crippen molar-refractivity contribution in [2.24, 2.45) is 7.05 Å². The van der Waals surface area contributed by atoms with Gasteiger partial charge in [-0.2, -0.15) is 5.10 Å². The Balaban J connectivity index is 2.20. The summed E-state index contributed by atoms with van der Waals surface area (Å²) in [6.07, 6.45) is -0.0586. The quantitative estimate of drug-likeness (QED) is 0.754. The molecule has 0 aromatic carbocycles. The lowest BCUT2D eigenvalue weighted by molar-refractivity contribution is 0.364. The Morgan fingerprint density at radius 2 is 2.46 bits per heavy atom. The van der Waals surface area contributed by atoms with E-state index in [-0.39, 0.29) is 0 Å². The molecule has 1 saturated heterocycles. The SMILES string of the molecule is Cn1nc(Br)cc1N1CC[C@H](F)C1. The number of hydrogen-bond acceptors (Lipinski definition) is 2. The Bertz CT molecular complexity index is 312. The van der Waals surface area contributed by atoms with Crippen molar-refractivity contribution < 1.29 is 4.39 Å². The third-order valence-electron chi connectivity index (χ3n) is 2.28. The van der Waals surface area contributed by atoms with Gasteiger partial charge in [-0.3, -0.25) is 4.68 Å². The summed E-state index contributed by atoms with van der Waals surface area (Å²) in [5, 5.41) is 4.15. The summed E-state index contributed by atoms with van der Waals surface area (Å²) in [4.78, 5) is 2.02. The first kappa shape index (κ1) is 8.99. The topological polar surface area (TPSA) is 21.1 Å². The van der Waals surface area contributed by atoms with Crippen LogP contribution in [0.5, 0.6) is 0 Å². The van der Waals surface area contributed by atoms with E-state index in [1.807, 2.05) is 18.0 Å². The number of anilines is 1. The van der Waals surface area contributed by atoms with Crippen LogP contribution in [0.2, 0.25) is 0 Å². The highest BCUT2D eigenvalue weighted by Crippen LogP contribution is 2.23. The second kappa shape index (κ2) is 3.29. The molecule has 0 aliphatic carbocycles. The molecule has 72 valence electrons. The smallest absolute Gasteiger partial charge is 0.130 e. The van der Waals surface area contributed by atoms with Gasteiger partial charge in [-0.1, -0.05) is 0 Å². The van der Waals surface area contributed by atoms with Crippen molar-refractivity contribution >= 4 is 21.7 Å². The summed E-state index contributed by atoms with van der Waals surface area (Å²) >= 11 is 3.29. The van der Waals surface area contributed by atoms with Gasteiger partial charge in [-0.15, -0.1) is 0 Å². The van der Waals surface area contributed by atoms with E-state index in [0.717, 1.165) is 17.0 Å². The number of nitrogens with zero attached hydrogens (tertiary/aromatic N) is 3. The first-order valence-corrected chi connectivity index (χ1v) is 5.04. The Labute approximate surface area is 84.7 Å². The molecule has 0 N–H and O–H groups in total. The number of rotatable bonds is 1. The Morgan fingerprint density at radius 1 is 1.69 bits per heavy atom. The van der Waals surface area contributed by atoms with Crippen molar-refractivity contribution in [3.05, 3.63) is 10.7 Å². The molecule has 13 heavy (non-hydrogen) atoms. The zero-order valence-corrected chi connectivity index (χ0v) is 8.96. The molecule has 0 unspecified atom stereocenters. The molecule has 1 fully saturated rings. The van der Waals surface area contributed by atoms with Gasteiger partial charge in [0.25, 0.3) is 0 Å². The lowest BCUT2D eigenvalue weighted by atomic mass is 10.3. The van der Waals surface area contributed by atoms with Crippen LogP contribution in [0.1, 0.15) is 6.42 Å². The van der Waals surface area contributed by atoms with Gasteiger partial charge in [0.15, 0.2) is 0 Å². The van der Waals surface area contributed by atoms with Gasteiger partial charge in [0.2, 0.25) is 0 Å². The molecule has 1 aliphatic heterocycles. The molecule has 1 aromatic heterocycles. The maximum atomic E-state index is 12.9. The zero-order valence-electron chi connectivity index (χ0n) is 7.37. The van der Waals surface area contributed by atoms with E-state index >= 15 is 0 Å². The van der Waals surface area contributed by atoms with Crippen LogP contribution in [0.3, 0.4) is 0 Å². The van der Waals surface area contributed by atoms with Crippen molar-refractivity contribution in [2.45, 2.75) is 12.6 Å². The van der Waals surface area contributed by atoms with E-state index in [0.29, 0.717) is 13.0 Å². The highest BCUT2D eigenvalue weighted by atomic mass is 79.9. The first-order chi connectivity index (χ1) is 6.16. The maximum absolute atomic E-state index is 12.9. The van der Waals surface area contributed by atoms with Crippen LogP contribution < -0.4 is 4.90 Å². The largest absolute Gasteiger partial charge is 0.354 e. The number of aromatic nitrogens is 2. The molecule has 3 nitrogen and oxygen atoms in total. The predicted octanol–water partition coefficient (Wildman–Crippen LogP) is 1.73. The summed E-state index contributed by atoms with van der Waals surface area (Å²) in [5.41, 5.74) is 0. The van der Waals surface area contributed by atoms with E-state index in [2.05, 4.69) is 21.0 Å².